The molecule has 0 bridgehead atoms. The summed E-state index contributed by atoms with van der Waals surface area (Å²) in [6.07, 6.45) is 3.43. The minimum Gasteiger partial charge on any atom is -0.472 e. The molecule has 84 valence electrons. The summed E-state index contributed by atoms with van der Waals surface area (Å²) in [5.41, 5.74) is 2.34. The van der Waals surface area contributed by atoms with E-state index in [0.29, 0.717) is 0 Å². The lowest BCUT2D eigenvalue weighted by molar-refractivity contribution is 0.547. The molecule has 0 saturated carbocycles. The maximum Gasteiger partial charge on any atom is 0.0947 e. The highest BCUT2D eigenvalue weighted by molar-refractivity contribution is 6.30. The summed E-state index contributed by atoms with van der Waals surface area (Å²) < 4.78 is 5.01. The summed E-state index contributed by atoms with van der Waals surface area (Å²) in [7, 11) is 0. The van der Waals surface area contributed by atoms with Crippen molar-refractivity contribution in [3.8, 4) is 0 Å². The van der Waals surface area contributed by atoms with Gasteiger partial charge in [-0.3, -0.25) is 0 Å². The molecule has 1 aromatic heterocycles. The molecule has 2 nitrogen and oxygen atoms in total. The van der Waals surface area contributed by atoms with Crippen molar-refractivity contribution in [2.45, 2.75) is 19.5 Å². The Balaban J connectivity index is 1.95. The molecule has 2 aromatic rings. The van der Waals surface area contributed by atoms with Crippen LogP contribution in [0.5, 0.6) is 0 Å². The van der Waals surface area contributed by atoms with Crippen molar-refractivity contribution in [2.24, 2.45) is 0 Å². The van der Waals surface area contributed by atoms with Crippen LogP contribution in [-0.2, 0) is 6.54 Å². The van der Waals surface area contributed by atoms with Crippen LogP contribution in [0.4, 0.5) is 0 Å². The fourth-order valence-corrected chi connectivity index (χ4v) is 1.76. The molecule has 1 aromatic carbocycles. The number of halogens is 1. The van der Waals surface area contributed by atoms with E-state index in [2.05, 4.69) is 18.3 Å². The third-order valence-corrected chi connectivity index (χ3v) is 2.78. The maximum absolute atomic E-state index is 5.95. The lowest BCUT2D eigenvalue weighted by atomic mass is 10.1. The number of benzene rings is 1. The monoisotopic (exact) mass is 235 g/mol. The van der Waals surface area contributed by atoms with E-state index in [9.17, 15) is 0 Å². The van der Waals surface area contributed by atoms with Gasteiger partial charge >= 0.3 is 0 Å². The predicted octanol–water partition coefficient (Wildman–Crippen LogP) is 3.78. The lowest BCUT2D eigenvalue weighted by Gasteiger charge is -2.13. The second-order valence-electron chi connectivity index (χ2n) is 3.79. The van der Waals surface area contributed by atoms with E-state index in [0.717, 1.165) is 17.1 Å². The first kappa shape index (κ1) is 11.2. The molecular formula is C13H14ClNO. The van der Waals surface area contributed by atoms with Gasteiger partial charge in [-0.05, 0) is 30.7 Å². The molecule has 0 fully saturated rings. The van der Waals surface area contributed by atoms with Crippen molar-refractivity contribution in [2.75, 3.05) is 0 Å². The molecular weight excluding hydrogens is 222 g/mol. The summed E-state index contributed by atoms with van der Waals surface area (Å²) in [6.45, 7) is 2.91. The quantitative estimate of drug-likeness (QED) is 0.873. The molecule has 0 aliphatic carbocycles. The molecule has 0 saturated heterocycles. The summed E-state index contributed by atoms with van der Waals surface area (Å²) >= 11 is 5.95. The molecule has 1 N–H and O–H groups in total. The maximum atomic E-state index is 5.95. The van der Waals surface area contributed by atoms with Crippen molar-refractivity contribution in [1.29, 1.82) is 0 Å². The highest BCUT2D eigenvalue weighted by Gasteiger charge is 2.05. The molecule has 2 rings (SSSR count). The molecule has 0 aliphatic rings. The SMILES string of the molecule is CC(NCc1ccoc1)c1cccc(Cl)c1. The van der Waals surface area contributed by atoms with Gasteiger partial charge in [-0.15, -0.1) is 0 Å². The van der Waals surface area contributed by atoms with Gasteiger partial charge in [0.25, 0.3) is 0 Å². The fraction of sp³-hybridized carbons (Fsp3) is 0.231. The van der Waals surface area contributed by atoms with Crippen LogP contribution in [0, 0.1) is 0 Å². The number of hydrogen-bond donors (Lipinski definition) is 1. The molecule has 0 amide bonds. The average molecular weight is 236 g/mol. The zero-order chi connectivity index (χ0) is 11.4. The first-order valence-corrected chi connectivity index (χ1v) is 5.63. The molecule has 0 radical (unpaired) electrons. The van der Waals surface area contributed by atoms with Crippen LogP contribution in [0.2, 0.25) is 5.02 Å². The molecule has 1 heterocycles. The van der Waals surface area contributed by atoms with E-state index in [-0.39, 0.29) is 6.04 Å². The van der Waals surface area contributed by atoms with Gasteiger partial charge in [-0.1, -0.05) is 23.7 Å². The Bertz CT molecular complexity index is 439. The Hall–Kier alpha value is -1.25. The van der Waals surface area contributed by atoms with Crippen molar-refractivity contribution < 1.29 is 4.42 Å². The van der Waals surface area contributed by atoms with E-state index in [1.807, 2.05) is 24.3 Å². The number of rotatable bonds is 4. The molecule has 1 atom stereocenters. The molecule has 1 unspecified atom stereocenters. The minimum atomic E-state index is 0.272. The molecule has 0 spiro atoms. The topological polar surface area (TPSA) is 25.2 Å². The van der Waals surface area contributed by atoms with Crippen molar-refractivity contribution in [3.63, 3.8) is 0 Å². The van der Waals surface area contributed by atoms with E-state index < -0.39 is 0 Å². The smallest absolute Gasteiger partial charge is 0.0947 e. The fourth-order valence-electron chi connectivity index (χ4n) is 1.56. The van der Waals surface area contributed by atoms with Gasteiger partial charge in [0.2, 0.25) is 0 Å². The largest absolute Gasteiger partial charge is 0.472 e. The Labute approximate surface area is 100 Å². The van der Waals surface area contributed by atoms with Crippen LogP contribution in [0.1, 0.15) is 24.1 Å². The van der Waals surface area contributed by atoms with Gasteiger partial charge in [-0.25, -0.2) is 0 Å². The van der Waals surface area contributed by atoms with Crippen LogP contribution >= 0.6 is 11.6 Å². The zero-order valence-corrected chi connectivity index (χ0v) is 9.87. The van der Waals surface area contributed by atoms with E-state index in [4.69, 9.17) is 16.0 Å². The third kappa shape index (κ3) is 2.87. The second kappa shape index (κ2) is 5.19. The molecule has 16 heavy (non-hydrogen) atoms. The predicted molar refractivity (Wildman–Crippen MR) is 65.4 cm³/mol. The van der Waals surface area contributed by atoms with E-state index in [1.165, 1.54) is 5.56 Å². The van der Waals surface area contributed by atoms with Crippen molar-refractivity contribution >= 4 is 11.6 Å². The molecule has 0 aliphatic heterocycles. The number of hydrogen-bond acceptors (Lipinski definition) is 2. The Morgan fingerprint density at radius 3 is 2.94 bits per heavy atom. The van der Waals surface area contributed by atoms with Crippen molar-refractivity contribution in [1.82, 2.24) is 5.32 Å². The number of furan rings is 1. The van der Waals surface area contributed by atoms with E-state index >= 15 is 0 Å². The van der Waals surface area contributed by atoms with E-state index in [1.54, 1.807) is 12.5 Å². The van der Waals surface area contributed by atoms with Gasteiger partial charge in [0, 0.05) is 23.2 Å². The lowest BCUT2D eigenvalue weighted by Crippen LogP contribution is -2.17. The summed E-state index contributed by atoms with van der Waals surface area (Å²) in [6, 6.07) is 10.1. The average Bonchev–Trinajstić information content (AvgIpc) is 2.78. The highest BCUT2D eigenvalue weighted by atomic mass is 35.5. The van der Waals surface area contributed by atoms with Gasteiger partial charge < -0.3 is 9.73 Å². The van der Waals surface area contributed by atoms with Gasteiger partial charge in [0.15, 0.2) is 0 Å². The number of nitrogens with one attached hydrogen (secondary N) is 1. The first-order chi connectivity index (χ1) is 7.75. The van der Waals surface area contributed by atoms with Crippen LogP contribution < -0.4 is 5.32 Å². The minimum absolute atomic E-state index is 0.272. The van der Waals surface area contributed by atoms with Crippen LogP contribution in [0.3, 0.4) is 0 Å². The standard InChI is InChI=1S/C13H14ClNO/c1-10(12-3-2-4-13(14)7-12)15-8-11-5-6-16-9-11/h2-7,9-10,15H,8H2,1H3. The molecule has 3 heteroatoms. The summed E-state index contributed by atoms with van der Waals surface area (Å²) in [4.78, 5) is 0. The Morgan fingerprint density at radius 2 is 2.25 bits per heavy atom. The second-order valence-corrected chi connectivity index (χ2v) is 4.23. The van der Waals surface area contributed by atoms with Crippen LogP contribution in [0.15, 0.2) is 47.3 Å². The third-order valence-electron chi connectivity index (χ3n) is 2.54. The Kier molecular flexibility index (Phi) is 3.65. The van der Waals surface area contributed by atoms with Crippen molar-refractivity contribution in [3.05, 3.63) is 59.0 Å². The summed E-state index contributed by atoms with van der Waals surface area (Å²) in [5, 5.41) is 4.18. The van der Waals surface area contributed by atoms with Crippen LogP contribution in [-0.4, -0.2) is 0 Å². The van der Waals surface area contributed by atoms with Crippen LogP contribution in [0.25, 0.3) is 0 Å². The Morgan fingerprint density at radius 1 is 1.38 bits per heavy atom. The van der Waals surface area contributed by atoms with Gasteiger partial charge in [0.1, 0.15) is 0 Å². The highest BCUT2D eigenvalue weighted by Crippen LogP contribution is 2.17. The van der Waals surface area contributed by atoms with Gasteiger partial charge in [0.05, 0.1) is 12.5 Å². The zero-order valence-electron chi connectivity index (χ0n) is 9.11. The first-order valence-electron chi connectivity index (χ1n) is 5.25. The normalized spacial score (nSPS) is 12.6. The summed E-state index contributed by atoms with van der Waals surface area (Å²) in [5.74, 6) is 0. The van der Waals surface area contributed by atoms with Gasteiger partial charge in [-0.2, -0.15) is 0 Å².